The summed E-state index contributed by atoms with van der Waals surface area (Å²) in [5.41, 5.74) is 5.65. The fraction of sp³-hybridized carbons (Fsp3) is 0.667. The number of ether oxygens (including phenoxy) is 1. The van der Waals surface area contributed by atoms with E-state index >= 15 is 0 Å². The number of amides is 1. The normalized spacial score (nSPS) is 11.4. The Balaban J connectivity index is 2.60. The van der Waals surface area contributed by atoms with E-state index in [0.717, 1.165) is 6.42 Å². The summed E-state index contributed by atoms with van der Waals surface area (Å²) in [6.07, 6.45) is 0.772. The lowest BCUT2D eigenvalue weighted by Crippen LogP contribution is -2.26. The van der Waals surface area contributed by atoms with Gasteiger partial charge in [-0.15, -0.1) is 0 Å². The second kappa shape index (κ2) is 6.72. The van der Waals surface area contributed by atoms with Crippen LogP contribution in [0.15, 0.2) is 0 Å². The van der Waals surface area contributed by atoms with Crippen molar-refractivity contribution in [1.82, 2.24) is 10.3 Å². The van der Waals surface area contributed by atoms with Gasteiger partial charge >= 0.3 is 0 Å². The average molecular weight is 286 g/mol. The van der Waals surface area contributed by atoms with Crippen LogP contribution in [-0.4, -0.2) is 36.7 Å². The zero-order valence-electron chi connectivity index (χ0n) is 11.9. The number of hydrogen-bond acceptors (Lipinski definition) is 6. The van der Waals surface area contributed by atoms with Crippen molar-refractivity contribution in [1.29, 1.82) is 0 Å². The molecule has 1 aromatic rings. The van der Waals surface area contributed by atoms with Crippen LogP contribution in [0.2, 0.25) is 0 Å². The minimum atomic E-state index is -0.187. The molecule has 1 aromatic heterocycles. The van der Waals surface area contributed by atoms with Gasteiger partial charge in [0.15, 0.2) is 5.13 Å². The van der Waals surface area contributed by atoms with Gasteiger partial charge in [0.05, 0.1) is 0 Å². The molecule has 0 aliphatic rings. The summed E-state index contributed by atoms with van der Waals surface area (Å²) in [5, 5.41) is 6.65. The van der Waals surface area contributed by atoms with E-state index in [1.54, 1.807) is 7.11 Å². The maximum absolute atomic E-state index is 11.9. The molecule has 4 N–H and O–H groups in total. The third-order valence-corrected chi connectivity index (χ3v) is 3.14. The molecule has 0 bridgehead atoms. The molecule has 19 heavy (non-hydrogen) atoms. The van der Waals surface area contributed by atoms with Crippen LogP contribution in [0.25, 0.3) is 0 Å². The Kier molecular flexibility index (Phi) is 5.56. The van der Waals surface area contributed by atoms with E-state index in [-0.39, 0.29) is 17.3 Å². The van der Waals surface area contributed by atoms with Gasteiger partial charge in [0.1, 0.15) is 10.7 Å². The number of nitrogen functional groups attached to an aromatic ring is 1. The molecule has 0 saturated heterocycles. The van der Waals surface area contributed by atoms with E-state index in [4.69, 9.17) is 10.5 Å². The summed E-state index contributed by atoms with van der Waals surface area (Å²) >= 11 is 1.27. The highest BCUT2D eigenvalue weighted by Gasteiger charge is 2.18. The summed E-state index contributed by atoms with van der Waals surface area (Å²) in [6.45, 7) is 7.25. The zero-order chi connectivity index (χ0) is 14.5. The fourth-order valence-corrected chi connectivity index (χ4v) is 2.38. The van der Waals surface area contributed by atoms with Crippen LogP contribution >= 0.6 is 11.3 Å². The van der Waals surface area contributed by atoms with Crippen LogP contribution in [0, 0.1) is 0 Å². The SMILES string of the molecule is COCCCNC(=O)c1sc(NC(C)(C)C)nc1N. The van der Waals surface area contributed by atoms with Gasteiger partial charge in [0, 0.05) is 25.8 Å². The first-order chi connectivity index (χ1) is 8.83. The lowest BCUT2D eigenvalue weighted by atomic mass is 10.1. The molecule has 0 fully saturated rings. The summed E-state index contributed by atoms with van der Waals surface area (Å²) in [4.78, 5) is 16.5. The van der Waals surface area contributed by atoms with Crippen molar-refractivity contribution in [2.24, 2.45) is 0 Å². The molecule has 1 rings (SSSR count). The number of anilines is 2. The van der Waals surface area contributed by atoms with Crippen molar-refractivity contribution in [2.45, 2.75) is 32.7 Å². The number of hydrogen-bond donors (Lipinski definition) is 3. The number of nitrogens with two attached hydrogens (primary N) is 1. The topological polar surface area (TPSA) is 89.3 Å². The highest BCUT2D eigenvalue weighted by atomic mass is 32.1. The highest BCUT2D eigenvalue weighted by molar-refractivity contribution is 7.18. The first-order valence-electron chi connectivity index (χ1n) is 6.15. The third-order valence-electron chi connectivity index (χ3n) is 2.15. The minimum absolute atomic E-state index is 0.115. The Labute approximate surface area is 117 Å². The molecule has 108 valence electrons. The molecule has 1 heterocycles. The molecule has 6 nitrogen and oxygen atoms in total. The Hall–Kier alpha value is -1.34. The predicted molar refractivity (Wildman–Crippen MR) is 78.7 cm³/mol. The fourth-order valence-electron chi connectivity index (χ4n) is 1.37. The van der Waals surface area contributed by atoms with Gasteiger partial charge in [-0.05, 0) is 27.2 Å². The smallest absolute Gasteiger partial charge is 0.265 e. The maximum Gasteiger partial charge on any atom is 0.265 e. The van der Waals surface area contributed by atoms with Crippen molar-refractivity contribution >= 4 is 28.2 Å². The summed E-state index contributed by atoms with van der Waals surface area (Å²) in [5.74, 6) is 0.0778. The molecule has 1 amide bonds. The number of aromatic nitrogens is 1. The summed E-state index contributed by atoms with van der Waals surface area (Å²) in [7, 11) is 1.63. The van der Waals surface area contributed by atoms with Gasteiger partial charge in [-0.1, -0.05) is 11.3 Å². The standard InChI is InChI=1S/C12H22N4O2S/c1-12(2,3)16-11-15-9(13)8(19-11)10(17)14-6-5-7-18-4/h5-7,13H2,1-4H3,(H,14,17)(H,15,16). The molecule has 0 aromatic carbocycles. The highest BCUT2D eigenvalue weighted by Crippen LogP contribution is 2.26. The van der Waals surface area contributed by atoms with E-state index in [1.165, 1.54) is 11.3 Å². The Morgan fingerprint density at radius 2 is 2.16 bits per heavy atom. The van der Waals surface area contributed by atoms with Crippen LogP contribution in [0.1, 0.15) is 36.9 Å². The van der Waals surface area contributed by atoms with E-state index in [1.807, 2.05) is 20.8 Å². The molecule has 0 spiro atoms. The number of nitrogens with one attached hydrogen (secondary N) is 2. The summed E-state index contributed by atoms with van der Waals surface area (Å²) < 4.78 is 4.92. The summed E-state index contributed by atoms with van der Waals surface area (Å²) in [6, 6.07) is 0. The monoisotopic (exact) mass is 286 g/mol. The lowest BCUT2D eigenvalue weighted by molar-refractivity contribution is 0.0953. The van der Waals surface area contributed by atoms with E-state index in [9.17, 15) is 4.79 Å². The second-order valence-corrected chi connectivity index (χ2v) is 6.21. The van der Waals surface area contributed by atoms with Gasteiger partial charge in [0.25, 0.3) is 5.91 Å². The molecule has 7 heteroatoms. The van der Waals surface area contributed by atoms with E-state index < -0.39 is 0 Å². The molecule has 0 saturated carbocycles. The van der Waals surface area contributed by atoms with Crippen molar-refractivity contribution in [3.63, 3.8) is 0 Å². The van der Waals surface area contributed by atoms with Crippen molar-refractivity contribution in [2.75, 3.05) is 31.3 Å². The number of rotatable bonds is 6. The average Bonchev–Trinajstić information content (AvgIpc) is 2.63. The van der Waals surface area contributed by atoms with Gasteiger partial charge in [-0.2, -0.15) is 0 Å². The van der Waals surface area contributed by atoms with Crippen molar-refractivity contribution in [3.8, 4) is 0 Å². The van der Waals surface area contributed by atoms with Gasteiger partial charge < -0.3 is 21.1 Å². The van der Waals surface area contributed by atoms with E-state index in [2.05, 4.69) is 15.6 Å². The Bertz CT molecular complexity index is 426. The Morgan fingerprint density at radius 3 is 2.74 bits per heavy atom. The molecular weight excluding hydrogens is 264 g/mol. The lowest BCUT2D eigenvalue weighted by Gasteiger charge is -2.19. The number of methoxy groups -OCH3 is 1. The van der Waals surface area contributed by atoms with Crippen LogP contribution in [0.4, 0.5) is 10.9 Å². The number of thiazole rings is 1. The zero-order valence-corrected chi connectivity index (χ0v) is 12.7. The first kappa shape index (κ1) is 15.7. The van der Waals surface area contributed by atoms with Crippen LogP contribution in [0.5, 0.6) is 0 Å². The number of carbonyl (C=O) groups is 1. The van der Waals surface area contributed by atoms with Crippen molar-refractivity contribution in [3.05, 3.63) is 4.88 Å². The second-order valence-electron chi connectivity index (χ2n) is 5.21. The third kappa shape index (κ3) is 5.44. The molecule has 0 atom stereocenters. The van der Waals surface area contributed by atoms with Crippen LogP contribution in [-0.2, 0) is 4.74 Å². The molecule has 0 aliphatic carbocycles. The molecule has 0 aliphatic heterocycles. The maximum atomic E-state index is 11.9. The predicted octanol–water partition coefficient (Wildman–Crippen LogP) is 1.70. The van der Waals surface area contributed by atoms with Gasteiger partial charge in [-0.25, -0.2) is 4.98 Å². The van der Waals surface area contributed by atoms with E-state index in [0.29, 0.717) is 23.2 Å². The minimum Gasteiger partial charge on any atom is -0.385 e. The molecule has 0 unspecified atom stereocenters. The molecular formula is C12H22N4O2S. The first-order valence-corrected chi connectivity index (χ1v) is 6.97. The largest absolute Gasteiger partial charge is 0.385 e. The number of nitrogens with zero attached hydrogens (tertiary/aromatic N) is 1. The van der Waals surface area contributed by atoms with Crippen LogP contribution < -0.4 is 16.4 Å². The van der Waals surface area contributed by atoms with Gasteiger partial charge in [0.2, 0.25) is 0 Å². The quantitative estimate of drug-likeness (QED) is 0.693. The molecule has 0 radical (unpaired) electrons. The Morgan fingerprint density at radius 1 is 1.47 bits per heavy atom. The number of carbonyl (C=O) groups excluding carboxylic acids is 1. The van der Waals surface area contributed by atoms with Crippen LogP contribution in [0.3, 0.4) is 0 Å². The van der Waals surface area contributed by atoms with Crippen molar-refractivity contribution < 1.29 is 9.53 Å². The van der Waals surface area contributed by atoms with Gasteiger partial charge in [-0.3, -0.25) is 4.79 Å².